The molecule has 0 atom stereocenters. The van der Waals surface area contributed by atoms with E-state index in [4.69, 9.17) is 4.74 Å². The first-order chi connectivity index (χ1) is 11.1. The van der Waals surface area contributed by atoms with Gasteiger partial charge in [-0.3, -0.25) is 9.59 Å². The molecule has 0 aromatic heterocycles. The van der Waals surface area contributed by atoms with Crippen LogP contribution < -0.4 is 10.1 Å². The van der Waals surface area contributed by atoms with Crippen molar-refractivity contribution in [1.29, 1.82) is 0 Å². The monoisotopic (exact) mass is 320 g/mol. The minimum absolute atomic E-state index is 0.103. The van der Waals surface area contributed by atoms with Crippen molar-refractivity contribution >= 4 is 17.5 Å². The molecule has 1 saturated carbocycles. The quantitative estimate of drug-likeness (QED) is 0.927. The lowest BCUT2D eigenvalue weighted by atomic mass is 9.95. The van der Waals surface area contributed by atoms with E-state index in [0.717, 1.165) is 12.8 Å². The molecule has 124 valence electrons. The first-order valence-electron chi connectivity index (χ1n) is 8.01. The fourth-order valence-corrected chi connectivity index (χ4v) is 2.95. The van der Waals surface area contributed by atoms with Crippen LogP contribution in [-0.2, 0) is 9.59 Å². The maximum absolute atomic E-state index is 13.2. The van der Waals surface area contributed by atoms with Gasteiger partial charge in [0.05, 0.1) is 12.8 Å². The van der Waals surface area contributed by atoms with Crippen LogP contribution >= 0.6 is 0 Å². The van der Waals surface area contributed by atoms with Crippen molar-refractivity contribution in [2.24, 2.45) is 11.8 Å². The van der Waals surface area contributed by atoms with Gasteiger partial charge >= 0.3 is 0 Å². The zero-order valence-electron chi connectivity index (χ0n) is 13.2. The first kappa shape index (κ1) is 15.8. The molecule has 1 aliphatic heterocycles. The Morgan fingerprint density at radius 2 is 1.87 bits per heavy atom. The zero-order chi connectivity index (χ0) is 16.4. The van der Waals surface area contributed by atoms with Crippen LogP contribution in [0.25, 0.3) is 0 Å². The molecule has 1 aromatic carbocycles. The highest BCUT2D eigenvalue weighted by Gasteiger charge is 2.36. The van der Waals surface area contributed by atoms with Gasteiger partial charge in [-0.05, 0) is 37.8 Å². The molecule has 1 N–H and O–H groups in total. The molecule has 2 amide bonds. The maximum Gasteiger partial charge on any atom is 0.227 e. The van der Waals surface area contributed by atoms with Gasteiger partial charge in [-0.1, -0.05) is 0 Å². The lowest BCUT2D eigenvalue weighted by Crippen LogP contribution is -2.42. The van der Waals surface area contributed by atoms with E-state index >= 15 is 0 Å². The molecular weight excluding hydrogens is 299 g/mol. The van der Waals surface area contributed by atoms with Crippen molar-refractivity contribution in [3.05, 3.63) is 24.0 Å². The van der Waals surface area contributed by atoms with E-state index in [1.54, 1.807) is 0 Å². The van der Waals surface area contributed by atoms with E-state index in [-0.39, 0.29) is 23.7 Å². The molecule has 0 unspecified atom stereocenters. The summed E-state index contributed by atoms with van der Waals surface area (Å²) in [4.78, 5) is 26.3. The Morgan fingerprint density at radius 3 is 2.48 bits per heavy atom. The largest absolute Gasteiger partial charge is 0.494 e. The zero-order valence-corrected chi connectivity index (χ0v) is 13.2. The number of halogens is 1. The molecule has 0 spiro atoms. The maximum atomic E-state index is 13.2. The number of amides is 2. The molecule has 6 heteroatoms. The summed E-state index contributed by atoms with van der Waals surface area (Å²) >= 11 is 0. The van der Waals surface area contributed by atoms with Crippen LogP contribution in [0, 0.1) is 17.7 Å². The molecule has 1 aromatic rings. The highest BCUT2D eigenvalue weighted by Crippen LogP contribution is 2.33. The summed E-state index contributed by atoms with van der Waals surface area (Å²) in [5.41, 5.74) is 0.468. The van der Waals surface area contributed by atoms with Gasteiger partial charge in [-0.15, -0.1) is 0 Å². The number of hydrogen-bond donors (Lipinski definition) is 1. The first-order valence-corrected chi connectivity index (χ1v) is 8.01. The van der Waals surface area contributed by atoms with Gasteiger partial charge in [0.1, 0.15) is 11.6 Å². The number of carbonyl (C=O) groups is 2. The summed E-state index contributed by atoms with van der Waals surface area (Å²) in [7, 11) is 1.44. The summed E-state index contributed by atoms with van der Waals surface area (Å²) < 4.78 is 18.3. The van der Waals surface area contributed by atoms with E-state index in [1.807, 2.05) is 4.90 Å². The standard InChI is InChI=1S/C17H21FN2O3/c1-23-15-10-13(18)4-5-14(15)19-16(21)11-6-8-20(9-7-11)17(22)12-2-3-12/h4-5,10-12H,2-3,6-9H2,1H3,(H,19,21). The summed E-state index contributed by atoms with van der Waals surface area (Å²) in [5, 5.41) is 2.80. The van der Waals surface area contributed by atoms with E-state index in [0.29, 0.717) is 37.4 Å². The second-order valence-electron chi connectivity index (χ2n) is 6.21. The van der Waals surface area contributed by atoms with Crippen LogP contribution in [0.4, 0.5) is 10.1 Å². The summed E-state index contributed by atoms with van der Waals surface area (Å²) in [5.74, 6) is 0.126. The van der Waals surface area contributed by atoms with Gasteiger partial charge in [-0.25, -0.2) is 4.39 Å². The molecule has 5 nitrogen and oxygen atoms in total. The van der Waals surface area contributed by atoms with Crippen molar-refractivity contribution in [1.82, 2.24) is 4.90 Å². The molecule has 23 heavy (non-hydrogen) atoms. The smallest absolute Gasteiger partial charge is 0.227 e. The number of carbonyl (C=O) groups excluding carboxylic acids is 2. The summed E-state index contributed by atoms with van der Waals surface area (Å²) in [6.07, 6.45) is 3.33. The molecular formula is C17H21FN2O3. The van der Waals surface area contributed by atoms with Crippen molar-refractivity contribution in [3.63, 3.8) is 0 Å². The Kier molecular flexibility index (Phi) is 4.50. The highest BCUT2D eigenvalue weighted by molar-refractivity contribution is 5.94. The van der Waals surface area contributed by atoms with Crippen molar-refractivity contribution in [3.8, 4) is 5.75 Å². The minimum atomic E-state index is -0.410. The van der Waals surface area contributed by atoms with E-state index in [2.05, 4.69) is 5.32 Å². The molecule has 1 heterocycles. The van der Waals surface area contributed by atoms with E-state index in [9.17, 15) is 14.0 Å². The predicted molar refractivity (Wildman–Crippen MR) is 83.6 cm³/mol. The number of benzene rings is 1. The Hall–Kier alpha value is -2.11. The molecule has 2 aliphatic rings. The van der Waals surface area contributed by atoms with Crippen LogP contribution in [0.5, 0.6) is 5.75 Å². The molecule has 2 fully saturated rings. The third kappa shape index (κ3) is 3.63. The van der Waals surface area contributed by atoms with Gasteiger partial charge in [-0.2, -0.15) is 0 Å². The number of anilines is 1. The predicted octanol–water partition coefficient (Wildman–Crippen LogP) is 2.42. The lowest BCUT2D eigenvalue weighted by Gasteiger charge is -2.31. The molecule has 0 radical (unpaired) electrons. The average Bonchev–Trinajstić information content (AvgIpc) is 3.40. The number of likely N-dealkylation sites (tertiary alicyclic amines) is 1. The summed E-state index contributed by atoms with van der Waals surface area (Å²) in [6.45, 7) is 1.27. The van der Waals surface area contributed by atoms with Crippen molar-refractivity contribution < 1.29 is 18.7 Å². The van der Waals surface area contributed by atoms with Crippen LogP contribution in [0.1, 0.15) is 25.7 Å². The molecule has 0 bridgehead atoms. The number of rotatable bonds is 4. The number of methoxy groups -OCH3 is 1. The Morgan fingerprint density at radius 1 is 1.17 bits per heavy atom. The second kappa shape index (κ2) is 6.56. The SMILES string of the molecule is COc1cc(F)ccc1NC(=O)C1CCN(C(=O)C2CC2)CC1. The van der Waals surface area contributed by atoms with Gasteiger partial charge in [0.25, 0.3) is 0 Å². The van der Waals surface area contributed by atoms with Crippen LogP contribution in [-0.4, -0.2) is 36.9 Å². The molecule has 1 saturated heterocycles. The van der Waals surface area contributed by atoms with Gasteiger partial charge in [0, 0.05) is 31.0 Å². The Bertz CT molecular complexity index is 608. The normalized spacial score (nSPS) is 18.6. The molecule has 1 aliphatic carbocycles. The number of hydrogen-bond acceptors (Lipinski definition) is 3. The van der Waals surface area contributed by atoms with Crippen LogP contribution in [0.2, 0.25) is 0 Å². The van der Waals surface area contributed by atoms with Crippen molar-refractivity contribution in [2.45, 2.75) is 25.7 Å². The summed E-state index contributed by atoms with van der Waals surface area (Å²) in [6, 6.07) is 4.03. The number of nitrogens with zero attached hydrogens (tertiary/aromatic N) is 1. The van der Waals surface area contributed by atoms with Crippen molar-refractivity contribution in [2.75, 3.05) is 25.5 Å². The fourth-order valence-electron chi connectivity index (χ4n) is 2.95. The lowest BCUT2D eigenvalue weighted by molar-refractivity contribution is -0.135. The number of piperidine rings is 1. The third-order valence-corrected chi connectivity index (χ3v) is 4.53. The Labute approximate surface area is 134 Å². The minimum Gasteiger partial charge on any atom is -0.494 e. The number of ether oxygens (including phenoxy) is 1. The fraction of sp³-hybridized carbons (Fsp3) is 0.529. The third-order valence-electron chi connectivity index (χ3n) is 4.53. The molecule has 3 rings (SSSR count). The average molecular weight is 320 g/mol. The topological polar surface area (TPSA) is 58.6 Å². The van der Waals surface area contributed by atoms with Gasteiger partial charge in [0.15, 0.2) is 0 Å². The second-order valence-corrected chi connectivity index (χ2v) is 6.21. The van der Waals surface area contributed by atoms with E-state index in [1.165, 1.54) is 25.3 Å². The van der Waals surface area contributed by atoms with Crippen LogP contribution in [0.3, 0.4) is 0 Å². The van der Waals surface area contributed by atoms with Gasteiger partial charge in [0.2, 0.25) is 11.8 Å². The van der Waals surface area contributed by atoms with E-state index < -0.39 is 5.82 Å². The highest BCUT2D eigenvalue weighted by atomic mass is 19.1. The van der Waals surface area contributed by atoms with Crippen LogP contribution in [0.15, 0.2) is 18.2 Å². The number of nitrogens with one attached hydrogen (secondary N) is 1. The van der Waals surface area contributed by atoms with Gasteiger partial charge < -0.3 is 15.0 Å². The Balaban J connectivity index is 1.56.